The van der Waals surface area contributed by atoms with Gasteiger partial charge in [-0.1, -0.05) is 18.2 Å². The summed E-state index contributed by atoms with van der Waals surface area (Å²) in [4.78, 5) is 11.3. The molecular formula is C12H17ClN2O. The molecule has 0 heterocycles. The fraction of sp³-hybridized carbons (Fsp3) is 0.417. The molecule has 0 aliphatic carbocycles. The Hall–Kier alpha value is -1.22. The van der Waals surface area contributed by atoms with Gasteiger partial charge in [-0.2, -0.15) is 0 Å². The number of urea groups is 1. The molecule has 2 N–H and O–H groups in total. The van der Waals surface area contributed by atoms with Crippen molar-refractivity contribution in [3.63, 3.8) is 0 Å². The van der Waals surface area contributed by atoms with E-state index in [1.807, 2.05) is 12.1 Å². The maximum Gasteiger partial charge on any atom is 0.315 e. The van der Waals surface area contributed by atoms with E-state index in [-0.39, 0.29) is 6.03 Å². The first-order valence-corrected chi connectivity index (χ1v) is 5.81. The van der Waals surface area contributed by atoms with E-state index < -0.39 is 0 Å². The van der Waals surface area contributed by atoms with Crippen molar-refractivity contribution in [1.29, 1.82) is 0 Å². The number of rotatable bonds is 4. The summed E-state index contributed by atoms with van der Waals surface area (Å²) in [5.41, 5.74) is 3.60. The van der Waals surface area contributed by atoms with Crippen LogP contribution in [-0.4, -0.2) is 18.5 Å². The molecule has 1 rings (SSSR count). The molecule has 0 saturated heterocycles. The molecule has 0 aromatic heterocycles. The first kappa shape index (κ1) is 12.8. The van der Waals surface area contributed by atoms with Gasteiger partial charge >= 0.3 is 6.03 Å². The fourth-order valence-electron chi connectivity index (χ4n) is 1.40. The zero-order valence-electron chi connectivity index (χ0n) is 9.64. The first-order chi connectivity index (χ1) is 7.65. The number of hydrogen-bond donors (Lipinski definition) is 2. The van der Waals surface area contributed by atoms with Gasteiger partial charge in [-0.15, -0.1) is 11.6 Å². The highest BCUT2D eigenvalue weighted by atomic mass is 35.5. The lowest BCUT2D eigenvalue weighted by atomic mass is 10.0. The molecule has 3 nitrogen and oxygen atoms in total. The molecule has 0 atom stereocenters. The predicted octanol–water partition coefficient (Wildman–Crippen LogP) is 2.34. The molecule has 1 aromatic rings. The molecule has 0 saturated carbocycles. The van der Waals surface area contributed by atoms with Gasteiger partial charge in [0.25, 0.3) is 0 Å². The zero-order valence-corrected chi connectivity index (χ0v) is 10.4. The van der Waals surface area contributed by atoms with E-state index in [2.05, 4.69) is 30.5 Å². The molecule has 16 heavy (non-hydrogen) atoms. The maximum absolute atomic E-state index is 11.3. The second-order valence-corrected chi connectivity index (χ2v) is 4.04. The number of nitrogens with one attached hydrogen (secondary N) is 2. The van der Waals surface area contributed by atoms with Gasteiger partial charge in [0, 0.05) is 19.0 Å². The van der Waals surface area contributed by atoms with Gasteiger partial charge in [0.2, 0.25) is 0 Å². The van der Waals surface area contributed by atoms with Gasteiger partial charge in [-0.3, -0.25) is 0 Å². The topological polar surface area (TPSA) is 41.1 Å². The number of benzene rings is 1. The highest BCUT2D eigenvalue weighted by molar-refractivity contribution is 6.18. The van der Waals surface area contributed by atoms with Crippen molar-refractivity contribution in [2.75, 3.05) is 12.4 Å². The van der Waals surface area contributed by atoms with Gasteiger partial charge in [0.05, 0.1) is 0 Å². The van der Waals surface area contributed by atoms with E-state index in [4.69, 9.17) is 11.6 Å². The molecule has 0 unspecified atom stereocenters. The molecule has 0 spiro atoms. The summed E-state index contributed by atoms with van der Waals surface area (Å²) in [6.45, 7) is 5.15. The lowest BCUT2D eigenvalue weighted by Crippen LogP contribution is -2.36. The van der Waals surface area contributed by atoms with E-state index in [1.54, 1.807) is 0 Å². The zero-order chi connectivity index (χ0) is 12.0. The minimum absolute atomic E-state index is 0.179. The van der Waals surface area contributed by atoms with Crippen LogP contribution < -0.4 is 10.6 Å². The molecule has 4 heteroatoms. The van der Waals surface area contributed by atoms with Gasteiger partial charge in [-0.25, -0.2) is 4.79 Å². The molecular weight excluding hydrogens is 224 g/mol. The van der Waals surface area contributed by atoms with Crippen LogP contribution in [-0.2, 0) is 6.54 Å². The van der Waals surface area contributed by atoms with E-state index in [9.17, 15) is 4.79 Å². The standard InChI is InChI=1S/C12H17ClN2O/c1-9-4-3-5-11(10(9)2)8-15-12(16)14-7-6-13/h3-5H,6-8H2,1-2H3,(H2,14,15,16). The molecule has 88 valence electrons. The van der Waals surface area contributed by atoms with Crippen molar-refractivity contribution in [3.05, 3.63) is 34.9 Å². The number of carbonyl (C=O) groups excluding carboxylic acids is 1. The lowest BCUT2D eigenvalue weighted by Gasteiger charge is -2.10. The molecule has 2 amide bonds. The first-order valence-electron chi connectivity index (χ1n) is 5.28. The van der Waals surface area contributed by atoms with Crippen molar-refractivity contribution in [3.8, 4) is 0 Å². The van der Waals surface area contributed by atoms with Crippen molar-refractivity contribution in [2.24, 2.45) is 0 Å². The smallest absolute Gasteiger partial charge is 0.315 e. The number of hydrogen-bond acceptors (Lipinski definition) is 1. The lowest BCUT2D eigenvalue weighted by molar-refractivity contribution is 0.241. The van der Waals surface area contributed by atoms with Crippen molar-refractivity contribution < 1.29 is 4.79 Å². The third-order valence-corrected chi connectivity index (χ3v) is 2.73. The van der Waals surface area contributed by atoms with E-state index in [0.29, 0.717) is 19.0 Å². The molecule has 0 aliphatic rings. The average molecular weight is 241 g/mol. The van der Waals surface area contributed by atoms with E-state index in [0.717, 1.165) is 5.56 Å². The van der Waals surface area contributed by atoms with E-state index >= 15 is 0 Å². The van der Waals surface area contributed by atoms with Crippen LogP contribution in [0, 0.1) is 13.8 Å². The third kappa shape index (κ3) is 3.74. The predicted molar refractivity (Wildman–Crippen MR) is 66.9 cm³/mol. The van der Waals surface area contributed by atoms with Crippen LogP contribution in [0.25, 0.3) is 0 Å². The Labute approximate surface area is 101 Å². The van der Waals surface area contributed by atoms with E-state index in [1.165, 1.54) is 11.1 Å². The minimum Gasteiger partial charge on any atom is -0.337 e. The summed E-state index contributed by atoms with van der Waals surface area (Å²) in [6.07, 6.45) is 0. The Bertz CT molecular complexity index is 366. The summed E-state index contributed by atoms with van der Waals surface area (Å²) >= 11 is 5.47. The van der Waals surface area contributed by atoms with Crippen LogP contribution in [0.3, 0.4) is 0 Å². The number of halogens is 1. The van der Waals surface area contributed by atoms with Crippen molar-refractivity contribution in [2.45, 2.75) is 20.4 Å². The number of carbonyl (C=O) groups is 1. The van der Waals surface area contributed by atoms with Crippen LogP contribution in [0.5, 0.6) is 0 Å². The molecule has 0 radical (unpaired) electrons. The molecule has 1 aromatic carbocycles. The average Bonchev–Trinajstić information content (AvgIpc) is 2.28. The Balaban J connectivity index is 2.48. The summed E-state index contributed by atoms with van der Waals surface area (Å²) in [6, 6.07) is 5.90. The van der Waals surface area contributed by atoms with Crippen LogP contribution in [0.15, 0.2) is 18.2 Å². The number of alkyl halides is 1. The van der Waals surface area contributed by atoms with Crippen LogP contribution in [0.2, 0.25) is 0 Å². The van der Waals surface area contributed by atoms with Crippen molar-refractivity contribution in [1.82, 2.24) is 10.6 Å². The van der Waals surface area contributed by atoms with Gasteiger partial charge in [0.1, 0.15) is 0 Å². The number of aryl methyl sites for hydroxylation is 1. The maximum atomic E-state index is 11.3. The summed E-state index contributed by atoms with van der Waals surface area (Å²) < 4.78 is 0. The fourth-order valence-corrected chi connectivity index (χ4v) is 1.50. The minimum atomic E-state index is -0.179. The van der Waals surface area contributed by atoms with Crippen LogP contribution >= 0.6 is 11.6 Å². The highest BCUT2D eigenvalue weighted by Gasteiger charge is 2.02. The molecule has 0 fully saturated rings. The Morgan fingerprint density at radius 1 is 1.31 bits per heavy atom. The molecule has 0 aliphatic heterocycles. The monoisotopic (exact) mass is 240 g/mol. The molecule has 0 bridgehead atoms. The van der Waals surface area contributed by atoms with Crippen LogP contribution in [0.1, 0.15) is 16.7 Å². The van der Waals surface area contributed by atoms with Gasteiger partial charge in [0.15, 0.2) is 0 Å². The number of amides is 2. The summed E-state index contributed by atoms with van der Waals surface area (Å²) in [5.74, 6) is 0.427. The second kappa shape index (κ2) is 6.38. The van der Waals surface area contributed by atoms with Gasteiger partial charge < -0.3 is 10.6 Å². The normalized spacial score (nSPS) is 9.94. The van der Waals surface area contributed by atoms with Gasteiger partial charge in [-0.05, 0) is 30.5 Å². The summed E-state index contributed by atoms with van der Waals surface area (Å²) in [7, 11) is 0. The quantitative estimate of drug-likeness (QED) is 0.780. The Kier molecular flexibility index (Phi) is 5.12. The highest BCUT2D eigenvalue weighted by Crippen LogP contribution is 2.11. The largest absolute Gasteiger partial charge is 0.337 e. The Morgan fingerprint density at radius 3 is 2.75 bits per heavy atom. The van der Waals surface area contributed by atoms with Crippen molar-refractivity contribution >= 4 is 17.6 Å². The summed E-state index contributed by atoms with van der Waals surface area (Å²) in [5, 5.41) is 5.45. The third-order valence-electron chi connectivity index (χ3n) is 2.54. The second-order valence-electron chi connectivity index (χ2n) is 3.66. The Morgan fingerprint density at radius 2 is 2.06 bits per heavy atom. The van der Waals surface area contributed by atoms with Crippen LogP contribution in [0.4, 0.5) is 4.79 Å². The SMILES string of the molecule is Cc1cccc(CNC(=O)NCCCl)c1C.